The third-order valence-electron chi connectivity index (χ3n) is 7.40. The molecule has 30 heavy (non-hydrogen) atoms. The summed E-state index contributed by atoms with van der Waals surface area (Å²) in [5.74, 6) is 10.1. The second-order valence-electron chi connectivity index (χ2n) is 9.26. The standard InChI is InChI=1S/C28H38O2/c1-4-21-7-9-22(10-8-21)11-12-23-13-19-27(20-14-23)30-28(29)26-17-15-25(16-18-26)24(5-2)6-3/h5,13-14,19-22,24-26H,2,4,6-10,15-18H2,1,3H3. The van der Waals surface area contributed by atoms with Crippen LogP contribution < -0.4 is 4.74 Å². The highest BCUT2D eigenvalue weighted by atomic mass is 16.5. The van der Waals surface area contributed by atoms with Crippen molar-refractivity contribution >= 4 is 5.97 Å². The van der Waals surface area contributed by atoms with E-state index >= 15 is 0 Å². The van der Waals surface area contributed by atoms with Crippen molar-refractivity contribution in [2.24, 2.45) is 29.6 Å². The van der Waals surface area contributed by atoms with E-state index in [9.17, 15) is 4.79 Å². The number of carbonyl (C=O) groups excluding carboxylic acids is 1. The van der Waals surface area contributed by atoms with Crippen molar-refractivity contribution in [3.8, 4) is 17.6 Å². The largest absolute Gasteiger partial charge is 0.426 e. The van der Waals surface area contributed by atoms with E-state index in [-0.39, 0.29) is 11.9 Å². The number of benzene rings is 1. The maximum atomic E-state index is 12.6. The van der Waals surface area contributed by atoms with Gasteiger partial charge in [-0.25, -0.2) is 0 Å². The SMILES string of the molecule is C=CC(CC)C1CCC(C(=O)Oc2ccc(C#CC3CCC(CC)CC3)cc2)CC1. The van der Waals surface area contributed by atoms with Gasteiger partial charge in [0.25, 0.3) is 0 Å². The predicted molar refractivity (Wildman–Crippen MR) is 124 cm³/mol. The van der Waals surface area contributed by atoms with Crippen LogP contribution in [-0.4, -0.2) is 5.97 Å². The van der Waals surface area contributed by atoms with Crippen molar-refractivity contribution in [3.63, 3.8) is 0 Å². The molecule has 0 saturated heterocycles. The van der Waals surface area contributed by atoms with Crippen LogP contribution in [0.4, 0.5) is 0 Å². The molecule has 162 valence electrons. The first-order valence-electron chi connectivity index (χ1n) is 12.1. The number of rotatable bonds is 6. The zero-order valence-electron chi connectivity index (χ0n) is 18.9. The molecule has 0 radical (unpaired) electrons. The van der Waals surface area contributed by atoms with Gasteiger partial charge in [0, 0.05) is 11.5 Å². The third-order valence-corrected chi connectivity index (χ3v) is 7.40. The van der Waals surface area contributed by atoms with Gasteiger partial charge in [-0.05, 0) is 99.8 Å². The van der Waals surface area contributed by atoms with Crippen molar-refractivity contribution in [1.29, 1.82) is 0 Å². The first-order chi connectivity index (χ1) is 14.6. The van der Waals surface area contributed by atoms with E-state index in [1.54, 1.807) is 0 Å². The number of ether oxygens (including phenoxy) is 1. The maximum Gasteiger partial charge on any atom is 0.314 e. The molecule has 3 rings (SSSR count). The van der Waals surface area contributed by atoms with Crippen LogP contribution >= 0.6 is 0 Å². The molecule has 0 spiro atoms. The summed E-state index contributed by atoms with van der Waals surface area (Å²) in [4.78, 5) is 12.6. The number of hydrogen-bond donors (Lipinski definition) is 0. The monoisotopic (exact) mass is 406 g/mol. The summed E-state index contributed by atoms with van der Waals surface area (Å²) in [5, 5.41) is 0. The Morgan fingerprint density at radius 1 is 1.07 bits per heavy atom. The Morgan fingerprint density at radius 3 is 2.30 bits per heavy atom. The van der Waals surface area contributed by atoms with E-state index in [0.29, 0.717) is 23.5 Å². The average molecular weight is 407 g/mol. The van der Waals surface area contributed by atoms with Gasteiger partial charge in [0.1, 0.15) is 5.75 Å². The maximum absolute atomic E-state index is 12.6. The van der Waals surface area contributed by atoms with E-state index < -0.39 is 0 Å². The van der Waals surface area contributed by atoms with Gasteiger partial charge in [0.05, 0.1) is 5.92 Å². The summed E-state index contributed by atoms with van der Waals surface area (Å²) < 4.78 is 5.67. The molecule has 0 aromatic heterocycles. The molecule has 2 heteroatoms. The number of carbonyl (C=O) groups is 1. The third kappa shape index (κ3) is 6.24. The molecule has 2 fully saturated rings. The van der Waals surface area contributed by atoms with Gasteiger partial charge in [-0.3, -0.25) is 4.79 Å². The molecule has 1 unspecified atom stereocenters. The van der Waals surface area contributed by atoms with Crippen LogP contribution in [0.15, 0.2) is 36.9 Å². The van der Waals surface area contributed by atoms with Gasteiger partial charge < -0.3 is 4.74 Å². The van der Waals surface area contributed by atoms with Gasteiger partial charge in [0.2, 0.25) is 0 Å². The second kappa shape index (κ2) is 11.4. The Bertz CT molecular complexity index is 735. The Hall–Kier alpha value is -2.01. The van der Waals surface area contributed by atoms with Crippen molar-refractivity contribution in [3.05, 3.63) is 42.5 Å². The van der Waals surface area contributed by atoms with E-state index in [2.05, 4.69) is 38.3 Å². The van der Waals surface area contributed by atoms with Crippen molar-refractivity contribution in [2.75, 3.05) is 0 Å². The normalized spacial score (nSPS) is 27.4. The van der Waals surface area contributed by atoms with E-state index in [1.165, 1.54) is 32.1 Å². The van der Waals surface area contributed by atoms with Gasteiger partial charge in [-0.1, -0.05) is 38.2 Å². The van der Waals surface area contributed by atoms with Gasteiger partial charge in [-0.2, -0.15) is 0 Å². The Balaban J connectivity index is 1.46. The van der Waals surface area contributed by atoms with Crippen LogP contribution in [0.3, 0.4) is 0 Å². The fourth-order valence-corrected chi connectivity index (χ4v) is 5.18. The molecule has 0 heterocycles. The Kier molecular flexibility index (Phi) is 8.61. The molecule has 1 atom stereocenters. The molecule has 0 amide bonds. The zero-order valence-corrected chi connectivity index (χ0v) is 18.9. The molecule has 1 aromatic rings. The summed E-state index contributed by atoms with van der Waals surface area (Å²) in [6.07, 6.45) is 13.7. The highest BCUT2D eigenvalue weighted by Gasteiger charge is 2.30. The van der Waals surface area contributed by atoms with Crippen molar-refractivity contribution in [2.45, 2.75) is 78.1 Å². The molecular formula is C28H38O2. The van der Waals surface area contributed by atoms with Crippen LogP contribution in [0.2, 0.25) is 0 Å². The summed E-state index contributed by atoms with van der Waals surface area (Å²) in [6, 6.07) is 7.71. The highest BCUT2D eigenvalue weighted by Crippen LogP contribution is 2.36. The minimum absolute atomic E-state index is 0.0290. The quantitative estimate of drug-likeness (QED) is 0.216. The van der Waals surface area contributed by atoms with Crippen molar-refractivity contribution in [1.82, 2.24) is 0 Å². The van der Waals surface area contributed by atoms with Crippen LogP contribution in [-0.2, 0) is 4.79 Å². The van der Waals surface area contributed by atoms with E-state index in [4.69, 9.17) is 4.74 Å². The Labute approximate surface area is 183 Å². The molecule has 2 nitrogen and oxygen atoms in total. The summed E-state index contributed by atoms with van der Waals surface area (Å²) in [5.41, 5.74) is 1.00. The summed E-state index contributed by atoms with van der Waals surface area (Å²) in [7, 11) is 0. The summed E-state index contributed by atoms with van der Waals surface area (Å²) in [6.45, 7) is 8.48. The first-order valence-corrected chi connectivity index (χ1v) is 12.1. The molecule has 0 aliphatic heterocycles. The number of hydrogen-bond acceptors (Lipinski definition) is 2. The highest BCUT2D eigenvalue weighted by molar-refractivity contribution is 5.75. The predicted octanol–water partition coefficient (Wildman–Crippen LogP) is 7.18. The lowest BCUT2D eigenvalue weighted by atomic mass is 9.75. The molecule has 0 N–H and O–H groups in total. The lowest BCUT2D eigenvalue weighted by Gasteiger charge is -2.31. The van der Waals surface area contributed by atoms with Crippen LogP contribution in [0, 0.1) is 41.4 Å². The van der Waals surface area contributed by atoms with Gasteiger partial charge in [-0.15, -0.1) is 6.58 Å². The minimum Gasteiger partial charge on any atom is -0.426 e. The minimum atomic E-state index is -0.0772. The lowest BCUT2D eigenvalue weighted by molar-refractivity contribution is -0.140. The molecule has 0 bridgehead atoms. The fourth-order valence-electron chi connectivity index (χ4n) is 5.18. The van der Waals surface area contributed by atoms with Gasteiger partial charge in [0.15, 0.2) is 0 Å². The molecule has 2 aliphatic carbocycles. The fraction of sp³-hybridized carbons (Fsp3) is 0.607. The van der Waals surface area contributed by atoms with Crippen LogP contribution in [0.5, 0.6) is 5.75 Å². The smallest absolute Gasteiger partial charge is 0.314 e. The first kappa shape index (κ1) is 22.7. The van der Waals surface area contributed by atoms with Crippen molar-refractivity contribution < 1.29 is 9.53 Å². The molecule has 2 aliphatic rings. The summed E-state index contributed by atoms with van der Waals surface area (Å²) >= 11 is 0. The zero-order chi connectivity index (χ0) is 21.3. The Morgan fingerprint density at radius 2 is 1.73 bits per heavy atom. The topological polar surface area (TPSA) is 26.3 Å². The van der Waals surface area contributed by atoms with Gasteiger partial charge >= 0.3 is 5.97 Å². The average Bonchev–Trinajstić information content (AvgIpc) is 2.80. The molecular weight excluding hydrogens is 368 g/mol. The van der Waals surface area contributed by atoms with Crippen LogP contribution in [0.25, 0.3) is 0 Å². The van der Waals surface area contributed by atoms with Crippen LogP contribution in [0.1, 0.15) is 83.6 Å². The second-order valence-corrected chi connectivity index (χ2v) is 9.26. The van der Waals surface area contributed by atoms with E-state index in [0.717, 1.165) is 43.6 Å². The number of allylic oxidation sites excluding steroid dienone is 1. The molecule has 2 saturated carbocycles. The van der Waals surface area contributed by atoms with E-state index in [1.807, 2.05) is 24.3 Å². The number of esters is 1. The molecule has 1 aromatic carbocycles. The lowest BCUT2D eigenvalue weighted by Crippen LogP contribution is -2.27.